The number of allylic oxidation sites excluding steroid dienone is 3. The highest BCUT2D eigenvalue weighted by atomic mass is 14.2. The maximum atomic E-state index is 4.10. The van der Waals surface area contributed by atoms with Gasteiger partial charge in [0, 0.05) is 0 Å². The summed E-state index contributed by atoms with van der Waals surface area (Å²) in [5.41, 5.74) is 2.97. The minimum Gasteiger partial charge on any atom is -0.0999 e. The molecule has 0 aliphatic rings. The molecule has 0 aromatic carbocycles. The molecule has 0 heterocycles. The van der Waals surface area contributed by atoms with Gasteiger partial charge in [0.05, 0.1) is 0 Å². The summed E-state index contributed by atoms with van der Waals surface area (Å²) in [6.45, 7) is 17.8. The lowest BCUT2D eigenvalue weighted by Crippen LogP contribution is -2.04. The molecule has 0 heteroatoms. The summed E-state index contributed by atoms with van der Waals surface area (Å²) in [7, 11) is 0. The molecule has 1 atom stereocenters. The van der Waals surface area contributed by atoms with Gasteiger partial charge in [-0.2, -0.15) is 0 Å². The Morgan fingerprint density at radius 3 is 2.00 bits per heavy atom. The molecule has 0 nitrogen and oxygen atoms in total. The molecule has 0 saturated heterocycles. The maximum Gasteiger partial charge on any atom is -0.0200 e. The highest BCUT2D eigenvalue weighted by Gasteiger charge is 2.11. The average Bonchev–Trinajstić information content (AvgIpc) is 2.31. The van der Waals surface area contributed by atoms with Crippen molar-refractivity contribution in [2.75, 3.05) is 0 Å². The normalized spacial score (nSPS) is 14.3. The topological polar surface area (TPSA) is 0 Å². The molecule has 0 saturated carbocycles. The van der Waals surface area contributed by atoms with E-state index in [9.17, 15) is 0 Å². The lowest BCUT2D eigenvalue weighted by atomic mass is 9.87. The van der Waals surface area contributed by atoms with Gasteiger partial charge in [-0.05, 0) is 43.9 Å². The van der Waals surface area contributed by atoms with Gasteiger partial charge in [-0.25, -0.2) is 0 Å². The second-order valence-corrected chi connectivity index (χ2v) is 6.33. The first kappa shape index (κ1) is 17.5. The molecular formula is C18H34. The van der Waals surface area contributed by atoms with E-state index in [4.69, 9.17) is 0 Å². The Hall–Kier alpha value is -0.520. The first-order valence-corrected chi connectivity index (χ1v) is 7.73. The van der Waals surface area contributed by atoms with Crippen LogP contribution >= 0.6 is 0 Å². The second kappa shape index (κ2) is 9.42. The zero-order valence-corrected chi connectivity index (χ0v) is 13.6. The Kier molecular flexibility index (Phi) is 9.14. The van der Waals surface area contributed by atoms with Crippen molar-refractivity contribution in [3.63, 3.8) is 0 Å². The van der Waals surface area contributed by atoms with Gasteiger partial charge >= 0.3 is 0 Å². The summed E-state index contributed by atoms with van der Waals surface area (Å²) in [6.07, 6.45) is 8.82. The zero-order valence-electron chi connectivity index (χ0n) is 13.6. The van der Waals surface area contributed by atoms with Gasteiger partial charge in [-0.3, -0.25) is 0 Å². The van der Waals surface area contributed by atoms with Crippen LogP contribution in [0.2, 0.25) is 0 Å². The van der Waals surface area contributed by atoms with E-state index in [2.05, 4.69) is 54.2 Å². The fraction of sp³-hybridized carbons (Fsp3) is 0.778. The second-order valence-electron chi connectivity index (χ2n) is 6.33. The summed E-state index contributed by atoms with van der Waals surface area (Å²) in [5, 5.41) is 0. The monoisotopic (exact) mass is 250 g/mol. The Labute approximate surface area is 116 Å². The van der Waals surface area contributed by atoms with E-state index in [1.165, 1.54) is 37.7 Å². The van der Waals surface area contributed by atoms with E-state index in [-0.39, 0.29) is 0 Å². The summed E-state index contributed by atoms with van der Waals surface area (Å²) in [4.78, 5) is 0. The standard InChI is InChI=1S/C18H34/c1-8-17(9-2)13-18(11-10-14(3)4)12-16(7)15(5)6/h11,14,16-17H,5,8-10,12-13H2,1-4,6-7H3. The van der Waals surface area contributed by atoms with Gasteiger partial charge in [0.2, 0.25) is 0 Å². The van der Waals surface area contributed by atoms with Gasteiger partial charge in [-0.1, -0.05) is 71.3 Å². The maximum absolute atomic E-state index is 4.10. The van der Waals surface area contributed by atoms with Crippen LogP contribution in [0.5, 0.6) is 0 Å². The fourth-order valence-corrected chi connectivity index (χ4v) is 2.17. The molecular weight excluding hydrogens is 216 g/mol. The quantitative estimate of drug-likeness (QED) is 0.416. The molecule has 0 aromatic rings. The predicted octanol–water partition coefficient (Wildman–Crippen LogP) is 6.39. The molecule has 18 heavy (non-hydrogen) atoms. The van der Waals surface area contributed by atoms with Crippen LogP contribution in [-0.4, -0.2) is 0 Å². The van der Waals surface area contributed by atoms with E-state index < -0.39 is 0 Å². The summed E-state index contributed by atoms with van der Waals surface area (Å²) >= 11 is 0. The summed E-state index contributed by atoms with van der Waals surface area (Å²) < 4.78 is 0. The van der Waals surface area contributed by atoms with Crippen molar-refractivity contribution < 1.29 is 0 Å². The Morgan fingerprint density at radius 2 is 1.61 bits per heavy atom. The van der Waals surface area contributed by atoms with Crippen LogP contribution in [0.15, 0.2) is 23.8 Å². The number of hydrogen-bond acceptors (Lipinski definition) is 0. The highest BCUT2D eigenvalue weighted by molar-refractivity contribution is 5.09. The third-order valence-corrected chi connectivity index (χ3v) is 3.99. The smallest absolute Gasteiger partial charge is 0.0200 e. The van der Waals surface area contributed by atoms with E-state index >= 15 is 0 Å². The van der Waals surface area contributed by atoms with Crippen LogP contribution in [-0.2, 0) is 0 Å². The van der Waals surface area contributed by atoms with Gasteiger partial charge < -0.3 is 0 Å². The van der Waals surface area contributed by atoms with Crippen molar-refractivity contribution in [3.8, 4) is 0 Å². The molecule has 0 aromatic heterocycles. The van der Waals surface area contributed by atoms with E-state index in [1.807, 2.05) is 0 Å². The molecule has 0 N–H and O–H groups in total. The Morgan fingerprint density at radius 1 is 1.06 bits per heavy atom. The van der Waals surface area contributed by atoms with Crippen LogP contribution < -0.4 is 0 Å². The minimum absolute atomic E-state index is 0.623. The Balaban J connectivity index is 4.60. The van der Waals surface area contributed by atoms with Gasteiger partial charge in [0.1, 0.15) is 0 Å². The van der Waals surface area contributed by atoms with Crippen LogP contribution in [0, 0.1) is 17.8 Å². The summed E-state index contributed by atoms with van der Waals surface area (Å²) in [6, 6.07) is 0. The number of hydrogen-bond donors (Lipinski definition) is 0. The van der Waals surface area contributed by atoms with Gasteiger partial charge in [0.25, 0.3) is 0 Å². The van der Waals surface area contributed by atoms with Crippen molar-refractivity contribution in [1.82, 2.24) is 0 Å². The minimum atomic E-state index is 0.623. The van der Waals surface area contributed by atoms with Crippen LogP contribution in [0.4, 0.5) is 0 Å². The molecule has 0 radical (unpaired) electrons. The van der Waals surface area contributed by atoms with Crippen molar-refractivity contribution >= 4 is 0 Å². The number of rotatable bonds is 9. The van der Waals surface area contributed by atoms with Gasteiger partial charge in [-0.15, -0.1) is 0 Å². The van der Waals surface area contributed by atoms with Crippen LogP contribution in [0.25, 0.3) is 0 Å². The molecule has 0 amide bonds. The molecule has 0 bridgehead atoms. The van der Waals surface area contributed by atoms with Crippen molar-refractivity contribution in [3.05, 3.63) is 23.8 Å². The van der Waals surface area contributed by atoms with Gasteiger partial charge in [0.15, 0.2) is 0 Å². The van der Waals surface area contributed by atoms with Crippen molar-refractivity contribution in [1.29, 1.82) is 0 Å². The molecule has 0 fully saturated rings. The van der Waals surface area contributed by atoms with E-state index in [0.29, 0.717) is 5.92 Å². The highest BCUT2D eigenvalue weighted by Crippen LogP contribution is 2.27. The first-order chi connectivity index (χ1) is 8.40. The largest absolute Gasteiger partial charge is 0.0999 e. The first-order valence-electron chi connectivity index (χ1n) is 7.73. The molecule has 0 spiro atoms. The third kappa shape index (κ3) is 7.74. The van der Waals surface area contributed by atoms with Crippen LogP contribution in [0.1, 0.15) is 73.6 Å². The predicted molar refractivity (Wildman–Crippen MR) is 84.8 cm³/mol. The molecule has 1 unspecified atom stereocenters. The third-order valence-electron chi connectivity index (χ3n) is 3.99. The van der Waals surface area contributed by atoms with E-state index in [1.54, 1.807) is 5.57 Å². The van der Waals surface area contributed by atoms with Crippen LogP contribution in [0.3, 0.4) is 0 Å². The molecule has 106 valence electrons. The molecule has 0 aliphatic carbocycles. The molecule has 0 rings (SSSR count). The average molecular weight is 250 g/mol. The lowest BCUT2D eigenvalue weighted by molar-refractivity contribution is 0.471. The fourth-order valence-electron chi connectivity index (χ4n) is 2.17. The van der Waals surface area contributed by atoms with Crippen molar-refractivity contribution in [2.45, 2.75) is 73.6 Å². The lowest BCUT2D eigenvalue weighted by Gasteiger charge is -2.19. The Bertz CT molecular complexity index is 253. The molecule has 0 aliphatic heterocycles. The zero-order chi connectivity index (χ0) is 14.1. The van der Waals surface area contributed by atoms with Crippen molar-refractivity contribution in [2.24, 2.45) is 17.8 Å². The van der Waals surface area contributed by atoms with E-state index in [0.717, 1.165) is 11.8 Å². The summed E-state index contributed by atoms with van der Waals surface area (Å²) in [5.74, 6) is 2.25. The SMILES string of the molecule is C=C(C)C(C)CC(=CCC(C)C)CC(CC)CC.